The van der Waals surface area contributed by atoms with Gasteiger partial charge in [-0.25, -0.2) is 0 Å². The molecule has 1 N–H and O–H groups in total. The Labute approximate surface area is 181 Å². The van der Waals surface area contributed by atoms with Crippen LogP contribution < -0.4 is 10.2 Å². The van der Waals surface area contributed by atoms with Crippen molar-refractivity contribution in [2.75, 3.05) is 44.4 Å². The Morgan fingerprint density at radius 3 is 2.57 bits per heavy atom. The van der Waals surface area contributed by atoms with Gasteiger partial charge in [-0.3, -0.25) is 4.79 Å². The van der Waals surface area contributed by atoms with Crippen LogP contribution in [0.25, 0.3) is 0 Å². The first-order chi connectivity index (χ1) is 13.0. The summed E-state index contributed by atoms with van der Waals surface area (Å²) in [6.07, 6.45) is -0.450. The molecule has 28 heavy (non-hydrogen) atoms. The maximum Gasteiger partial charge on any atom is 0.416 e. The number of likely N-dealkylation sites (N-methyl/N-ethyl adjacent to an activating group) is 2. The molecule has 1 atom stereocenters. The van der Waals surface area contributed by atoms with Crippen LogP contribution in [0.5, 0.6) is 0 Å². The summed E-state index contributed by atoms with van der Waals surface area (Å²) in [6.45, 7) is 1.30. The zero-order valence-corrected chi connectivity index (χ0v) is 18.7. The molecule has 1 aromatic carbocycles. The highest BCUT2D eigenvalue weighted by atomic mass is 127. The second-order valence-electron chi connectivity index (χ2n) is 6.80. The second-order valence-corrected chi connectivity index (χ2v) is 8.57. The maximum atomic E-state index is 13.2. The van der Waals surface area contributed by atoms with E-state index in [4.69, 9.17) is 11.6 Å². The Morgan fingerprint density at radius 1 is 1.29 bits per heavy atom. The van der Waals surface area contributed by atoms with Crippen LogP contribution in [-0.2, 0) is 11.0 Å². The van der Waals surface area contributed by atoms with Crippen molar-refractivity contribution in [3.05, 3.63) is 45.1 Å². The van der Waals surface area contributed by atoms with Gasteiger partial charge in [-0.1, -0.05) is 6.08 Å². The predicted octanol–water partition coefficient (Wildman–Crippen LogP) is 4.90. The normalized spacial score (nSPS) is 17.2. The van der Waals surface area contributed by atoms with Crippen LogP contribution in [0.3, 0.4) is 0 Å². The number of hydrogen-bond acceptors (Lipinski definition) is 3. The minimum Gasteiger partial charge on any atom is -0.372 e. The van der Waals surface area contributed by atoms with E-state index in [1.807, 2.05) is 30.0 Å². The van der Waals surface area contributed by atoms with E-state index in [0.717, 1.165) is 15.7 Å². The monoisotopic (exact) mass is 527 g/mol. The Hall–Kier alpha value is -1.26. The van der Waals surface area contributed by atoms with Crippen molar-refractivity contribution in [2.24, 2.45) is 0 Å². The van der Waals surface area contributed by atoms with E-state index in [-0.39, 0.29) is 5.69 Å². The van der Waals surface area contributed by atoms with Crippen LogP contribution in [0.15, 0.2) is 39.5 Å². The Balaban J connectivity index is 2.35. The van der Waals surface area contributed by atoms with Crippen LogP contribution in [0.2, 0.25) is 0 Å². The van der Waals surface area contributed by atoms with E-state index in [0.29, 0.717) is 30.8 Å². The number of nitrogens with zero attached hydrogens (tertiary/aromatic N) is 2. The van der Waals surface area contributed by atoms with E-state index in [1.165, 1.54) is 6.07 Å². The highest BCUT2D eigenvalue weighted by molar-refractivity contribution is 14.1. The van der Waals surface area contributed by atoms with Gasteiger partial charge in [0.1, 0.15) is 0 Å². The number of rotatable bonds is 6. The second kappa shape index (κ2) is 9.49. The molecule has 1 aliphatic carbocycles. The molecule has 4 nitrogen and oxygen atoms in total. The van der Waals surface area contributed by atoms with Gasteiger partial charge in [-0.15, -0.1) is 11.6 Å². The molecule has 1 amide bonds. The number of benzene rings is 1. The fourth-order valence-corrected chi connectivity index (χ4v) is 3.50. The Bertz CT molecular complexity index is 793. The molecular formula is C19H22ClF3IN3O. The molecule has 0 bridgehead atoms. The third-order valence-corrected chi connectivity index (χ3v) is 5.44. The largest absolute Gasteiger partial charge is 0.416 e. The third kappa shape index (κ3) is 6.12. The summed E-state index contributed by atoms with van der Waals surface area (Å²) in [4.78, 5) is 16.5. The number of nitrogens with one attached hydrogen (secondary N) is 1. The third-order valence-electron chi connectivity index (χ3n) is 4.28. The van der Waals surface area contributed by atoms with Gasteiger partial charge in [0.15, 0.2) is 0 Å². The quantitative estimate of drug-likeness (QED) is 0.422. The Kier molecular flexibility index (Phi) is 7.81. The molecule has 154 valence electrons. The molecule has 0 saturated heterocycles. The summed E-state index contributed by atoms with van der Waals surface area (Å²) in [7, 11) is 5.60. The van der Waals surface area contributed by atoms with Crippen molar-refractivity contribution < 1.29 is 18.0 Å². The van der Waals surface area contributed by atoms with Gasteiger partial charge in [0.2, 0.25) is 0 Å². The minimum absolute atomic E-state index is 0.107. The lowest BCUT2D eigenvalue weighted by atomic mass is 10.0. The average molecular weight is 528 g/mol. The lowest BCUT2D eigenvalue weighted by Crippen LogP contribution is -2.30. The molecule has 9 heteroatoms. The van der Waals surface area contributed by atoms with Crippen molar-refractivity contribution in [1.29, 1.82) is 0 Å². The molecule has 2 rings (SSSR count). The molecule has 0 fully saturated rings. The van der Waals surface area contributed by atoms with Gasteiger partial charge >= 0.3 is 6.18 Å². The number of carbonyl (C=O) groups is 1. The summed E-state index contributed by atoms with van der Waals surface area (Å²) in [5, 5.41) is 2.12. The van der Waals surface area contributed by atoms with Crippen molar-refractivity contribution in [3.63, 3.8) is 0 Å². The molecular weight excluding hydrogens is 506 g/mol. The van der Waals surface area contributed by atoms with Gasteiger partial charge < -0.3 is 15.1 Å². The first-order valence-electron chi connectivity index (χ1n) is 8.59. The molecule has 1 unspecified atom stereocenters. The summed E-state index contributed by atoms with van der Waals surface area (Å²) < 4.78 is 40.4. The highest BCUT2D eigenvalue weighted by Gasteiger charge is 2.32. The number of alkyl halides is 4. The van der Waals surface area contributed by atoms with E-state index in [1.54, 1.807) is 13.1 Å². The van der Waals surface area contributed by atoms with Gasteiger partial charge in [-0.2, -0.15) is 13.2 Å². The van der Waals surface area contributed by atoms with E-state index in [9.17, 15) is 18.0 Å². The highest BCUT2D eigenvalue weighted by Crippen LogP contribution is 2.36. The molecule has 0 spiro atoms. The standard InChI is InChI=1S/C19H22ClF3IN3O/c1-26(2)8-9-27(3)17-7-4-12(19(21,22)23)10-16(17)25-18(28)14-11-13(24)5-6-15(14)20/h4-5,7,10-11,15H,6,8-9H2,1-3H3,(H,25,28). The van der Waals surface area contributed by atoms with Gasteiger partial charge in [0, 0.05) is 29.3 Å². The van der Waals surface area contributed by atoms with E-state index >= 15 is 0 Å². The van der Waals surface area contributed by atoms with Crippen molar-refractivity contribution in [3.8, 4) is 0 Å². The summed E-state index contributed by atoms with van der Waals surface area (Å²) in [5.74, 6) is -0.496. The van der Waals surface area contributed by atoms with E-state index in [2.05, 4.69) is 27.9 Å². The van der Waals surface area contributed by atoms with Crippen LogP contribution in [0, 0.1) is 0 Å². The molecule has 0 heterocycles. The average Bonchev–Trinajstić information content (AvgIpc) is 2.60. The lowest BCUT2D eigenvalue weighted by molar-refractivity contribution is -0.137. The number of carbonyl (C=O) groups excluding carboxylic acids is 1. The number of halogens is 5. The first-order valence-corrected chi connectivity index (χ1v) is 10.1. The summed E-state index contributed by atoms with van der Waals surface area (Å²) in [5.41, 5.74) is 0.140. The topological polar surface area (TPSA) is 35.6 Å². The number of allylic oxidation sites excluding steroid dienone is 3. The van der Waals surface area contributed by atoms with Crippen LogP contribution in [0.1, 0.15) is 12.0 Å². The molecule has 0 aromatic heterocycles. The minimum atomic E-state index is -4.50. The first kappa shape index (κ1) is 23.0. The number of amides is 1. The Morgan fingerprint density at radius 2 is 1.96 bits per heavy atom. The number of hydrogen-bond donors (Lipinski definition) is 1. The molecule has 0 aliphatic heterocycles. The zero-order valence-electron chi connectivity index (χ0n) is 15.8. The number of anilines is 2. The van der Waals surface area contributed by atoms with Crippen molar-refractivity contribution in [2.45, 2.75) is 18.0 Å². The van der Waals surface area contributed by atoms with Gasteiger partial charge in [0.05, 0.1) is 22.3 Å². The van der Waals surface area contributed by atoms with Crippen LogP contribution in [0.4, 0.5) is 24.5 Å². The van der Waals surface area contributed by atoms with Gasteiger partial charge in [-0.05, 0) is 67.4 Å². The zero-order chi connectivity index (χ0) is 21.1. The maximum absolute atomic E-state index is 13.2. The summed E-state index contributed by atoms with van der Waals surface area (Å²) >= 11 is 8.31. The molecule has 1 aromatic rings. The fourth-order valence-electron chi connectivity index (χ4n) is 2.66. The van der Waals surface area contributed by atoms with Crippen LogP contribution in [-0.4, -0.2) is 50.4 Å². The molecule has 0 radical (unpaired) electrons. The smallest absolute Gasteiger partial charge is 0.372 e. The van der Waals surface area contributed by atoms with Crippen LogP contribution >= 0.6 is 34.2 Å². The summed E-state index contributed by atoms with van der Waals surface area (Å²) in [6, 6.07) is 3.37. The molecule has 1 aliphatic rings. The fraction of sp³-hybridized carbons (Fsp3) is 0.421. The van der Waals surface area contributed by atoms with E-state index < -0.39 is 23.0 Å². The van der Waals surface area contributed by atoms with Crippen molar-refractivity contribution >= 4 is 51.5 Å². The van der Waals surface area contributed by atoms with Gasteiger partial charge in [0.25, 0.3) is 5.91 Å². The SMILES string of the molecule is CN(C)CCN(C)c1ccc(C(F)(F)F)cc1NC(=O)C1=CC(I)=CCC1Cl. The predicted molar refractivity (Wildman–Crippen MR) is 116 cm³/mol. The van der Waals surface area contributed by atoms with Crippen molar-refractivity contribution in [1.82, 2.24) is 4.90 Å². The lowest BCUT2D eigenvalue weighted by Gasteiger charge is -2.26. The molecule has 0 saturated carbocycles.